The molecule has 5 nitrogen and oxygen atoms in total. The summed E-state index contributed by atoms with van der Waals surface area (Å²) in [6.07, 6.45) is -0.373. The second kappa shape index (κ2) is 8.88. The molecular weight excluding hydrogens is 278 g/mol. The molecule has 22 heavy (non-hydrogen) atoms. The molecule has 0 spiro atoms. The summed E-state index contributed by atoms with van der Waals surface area (Å²) < 4.78 is 5.50. The largest absolute Gasteiger partial charge is 0.366 e. The van der Waals surface area contributed by atoms with Crippen molar-refractivity contribution in [3.05, 3.63) is 35.9 Å². The van der Waals surface area contributed by atoms with Crippen molar-refractivity contribution in [3.8, 4) is 0 Å². The predicted molar refractivity (Wildman–Crippen MR) is 87.7 cm³/mol. The maximum Gasteiger partial charge on any atom is 0.250 e. The Labute approximate surface area is 133 Å². The monoisotopic (exact) mass is 305 g/mol. The zero-order valence-electron chi connectivity index (χ0n) is 13.5. The second-order valence-electron chi connectivity index (χ2n) is 5.46. The Balaban J connectivity index is 1.98. The number of carbonyl (C=O) groups excluding carboxylic acids is 1. The average Bonchev–Trinajstić information content (AvgIpc) is 2.60. The van der Waals surface area contributed by atoms with E-state index in [0.717, 1.165) is 19.6 Å². The minimum atomic E-state index is -0.373. The van der Waals surface area contributed by atoms with Gasteiger partial charge in [-0.2, -0.15) is 0 Å². The van der Waals surface area contributed by atoms with Gasteiger partial charge in [-0.1, -0.05) is 44.2 Å². The molecule has 0 radical (unpaired) electrons. The lowest BCUT2D eigenvalue weighted by Gasteiger charge is -2.31. The number of carbonyl (C=O) groups is 1. The minimum absolute atomic E-state index is 0.0275. The van der Waals surface area contributed by atoms with E-state index in [1.165, 1.54) is 5.56 Å². The van der Waals surface area contributed by atoms with Gasteiger partial charge in [-0.3, -0.25) is 9.69 Å². The van der Waals surface area contributed by atoms with E-state index in [1.807, 2.05) is 18.2 Å². The van der Waals surface area contributed by atoms with Gasteiger partial charge in [0.05, 0.1) is 12.6 Å². The quantitative estimate of drug-likeness (QED) is 0.794. The van der Waals surface area contributed by atoms with Crippen LogP contribution in [0.5, 0.6) is 0 Å². The van der Waals surface area contributed by atoms with Crippen LogP contribution in [0.3, 0.4) is 0 Å². The Morgan fingerprint density at radius 3 is 2.68 bits per heavy atom. The molecular formula is C17H27N3O2. The Hall–Kier alpha value is -1.43. The third kappa shape index (κ3) is 4.53. The van der Waals surface area contributed by atoms with E-state index < -0.39 is 0 Å². The number of morpholine rings is 1. The van der Waals surface area contributed by atoms with Crippen molar-refractivity contribution < 1.29 is 9.53 Å². The molecule has 2 N–H and O–H groups in total. The highest BCUT2D eigenvalue weighted by atomic mass is 16.5. The Bertz CT molecular complexity index is 442. The molecule has 2 atom stereocenters. The van der Waals surface area contributed by atoms with Crippen molar-refractivity contribution in [3.63, 3.8) is 0 Å². The summed E-state index contributed by atoms with van der Waals surface area (Å²) >= 11 is 0. The molecule has 1 aromatic rings. The van der Waals surface area contributed by atoms with Crippen LogP contribution in [0.2, 0.25) is 0 Å². The van der Waals surface area contributed by atoms with Gasteiger partial charge in [0, 0.05) is 19.6 Å². The zero-order chi connectivity index (χ0) is 15.8. The Kier molecular flexibility index (Phi) is 6.83. The molecule has 2 unspecified atom stereocenters. The summed E-state index contributed by atoms with van der Waals surface area (Å²) in [5.74, 6) is -0.0275. The van der Waals surface area contributed by atoms with E-state index >= 15 is 0 Å². The van der Waals surface area contributed by atoms with Gasteiger partial charge in [0.15, 0.2) is 0 Å². The first-order valence-corrected chi connectivity index (χ1v) is 8.15. The van der Waals surface area contributed by atoms with E-state index in [4.69, 9.17) is 4.74 Å². The number of nitrogens with zero attached hydrogens (tertiary/aromatic N) is 1. The zero-order valence-corrected chi connectivity index (χ0v) is 13.5. The molecule has 0 aromatic heterocycles. The predicted octanol–water partition coefficient (Wildman–Crippen LogP) is 1.17. The SMILES string of the molecule is CCN(CC)C(CNC(=O)C1CNCCO1)c1ccccc1. The van der Waals surface area contributed by atoms with Crippen molar-refractivity contribution in [2.24, 2.45) is 0 Å². The van der Waals surface area contributed by atoms with Crippen LogP contribution < -0.4 is 10.6 Å². The number of ether oxygens (including phenoxy) is 1. The van der Waals surface area contributed by atoms with E-state index in [-0.39, 0.29) is 18.1 Å². The summed E-state index contributed by atoms with van der Waals surface area (Å²) in [6, 6.07) is 10.5. The molecule has 0 saturated carbocycles. The summed E-state index contributed by atoms with van der Waals surface area (Å²) in [5.41, 5.74) is 1.23. The van der Waals surface area contributed by atoms with Crippen molar-refractivity contribution in [2.75, 3.05) is 39.3 Å². The van der Waals surface area contributed by atoms with Crippen LogP contribution in [-0.2, 0) is 9.53 Å². The number of benzene rings is 1. The van der Waals surface area contributed by atoms with Crippen LogP contribution in [0.1, 0.15) is 25.5 Å². The van der Waals surface area contributed by atoms with Crippen molar-refractivity contribution in [1.82, 2.24) is 15.5 Å². The normalized spacial score (nSPS) is 19.9. The van der Waals surface area contributed by atoms with Gasteiger partial charge in [-0.25, -0.2) is 0 Å². The molecule has 1 amide bonds. The van der Waals surface area contributed by atoms with Crippen molar-refractivity contribution >= 4 is 5.91 Å². The maximum atomic E-state index is 12.2. The molecule has 1 saturated heterocycles. The fourth-order valence-corrected chi connectivity index (χ4v) is 2.84. The Morgan fingerprint density at radius 1 is 1.36 bits per heavy atom. The van der Waals surface area contributed by atoms with Crippen LogP contribution in [0.4, 0.5) is 0 Å². The van der Waals surface area contributed by atoms with Gasteiger partial charge in [0.2, 0.25) is 0 Å². The van der Waals surface area contributed by atoms with Crippen molar-refractivity contribution in [1.29, 1.82) is 0 Å². The van der Waals surface area contributed by atoms with Gasteiger partial charge >= 0.3 is 0 Å². The van der Waals surface area contributed by atoms with Gasteiger partial charge < -0.3 is 15.4 Å². The van der Waals surface area contributed by atoms with Crippen LogP contribution in [-0.4, -0.2) is 56.2 Å². The molecule has 1 heterocycles. The molecule has 1 aliphatic rings. The highest BCUT2D eigenvalue weighted by Crippen LogP contribution is 2.19. The second-order valence-corrected chi connectivity index (χ2v) is 5.46. The third-order valence-electron chi connectivity index (χ3n) is 4.13. The van der Waals surface area contributed by atoms with E-state index in [0.29, 0.717) is 19.7 Å². The molecule has 1 aliphatic heterocycles. The molecule has 5 heteroatoms. The highest BCUT2D eigenvalue weighted by molar-refractivity contribution is 5.81. The lowest BCUT2D eigenvalue weighted by molar-refractivity contribution is -0.134. The smallest absolute Gasteiger partial charge is 0.250 e. The van der Waals surface area contributed by atoms with E-state index in [1.54, 1.807) is 0 Å². The van der Waals surface area contributed by atoms with Gasteiger partial charge in [-0.05, 0) is 18.7 Å². The third-order valence-corrected chi connectivity index (χ3v) is 4.13. The lowest BCUT2D eigenvalue weighted by Crippen LogP contribution is -2.49. The number of hydrogen-bond donors (Lipinski definition) is 2. The summed E-state index contributed by atoms with van der Waals surface area (Å²) in [6.45, 7) is 8.80. The fraction of sp³-hybridized carbons (Fsp3) is 0.588. The first-order chi connectivity index (χ1) is 10.8. The summed E-state index contributed by atoms with van der Waals surface area (Å²) in [4.78, 5) is 14.6. The van der Waals surface area contributed by atoms with Gasteiger partial charge in [-0.15, -0.1) is 0 Å². The van der Waals surface area contributed by atoms with E-state index in [2.05, 4.69) is 41.5 Å². The molecule has 1 fully saturated rings. The first kappa shape index (κ1) is 16.9. The van der Waals surface area contributed by atoms with Crippen molar-refractivity contribution in [2.45, 2.75) is 26.0 Å². The fourth-order valence-electron chi connectivity index (χ4n) is 2.84. The standard InChI is InChI=1S/C17H27N3O2/c1-3-20(4-2)15(14-8-6-5-7-9-14)12-19-17(21)16-13-18-10-11-22-16/h5-9,15-16,18H,3-4,10-13H2,1-2H3,(H,19,21). The number of amides is 1. The lowest BCUT2D eigenvalue weighted by atomic mass is 10.0. The number of likely N-dealkylation sites (N-methyl/N-ethyl adjacent to an activating group) is 1. The molecule has 0 bridgehead atoms. The topological polar surface area (TPSA) is 53.6 Å². The molecule has 2 rings (SSSR count). The molecule has 1 aromatic carbocycles. The highest BCUT2D eigenvalue weighted by Gasteiger charge is 2.24. The van der Waals surface area contributed by atoms with Crippen LogP contribution in [0.25, 0.3) is 0 Å². The summed E-state index contributed by atoms with van der Waals surface area (Å²) in [5, 5.41) is 6.24. The summed E-state index contributed by atoms with van der Waals surface area (Å²) in [7, 11) is 0. The van der Waals surface area contributed by atoms with Gasteiger partial charge in [0.25, 0.3) is 5.91 Å². The molecule has 0 aliphatic carbocycles. The van der Waals surface area contributed by atoms with Gasteiger partial charge in [0.1, 0.15) is 6.10 Å². The minimum Gasteiger partial charge on any atom is -0.366 e. The van der Waals surface area contributed by atoms with Crippen LogP contribution in [0.15, 0.2) is 30.3 Å². The molecule has 122 valence electrons. The first-order valence-electron chi connectivity index (χ1n) is 8.15. The van der Waals surface area contributed by atoms with E-state index in [9.17, 15) is 4.79 Å². The number of nitrogens with one attached hydrogen (secondary N) is 2. The average molecular weight is 305 g/mol. The number of hydrogen-bond acceptors (Lipinski definition) is 4. The number of rotatable bonds is 7. The van der Waals surface area contributed by atoms with Crippen LogP contribution in [0, 0.1) is 0 Å². The maximum absolute atomic E-state index is 12.2. The van der Waals surface area contributed by atoms with Crippen LogP contribution >= 0.6 is 0 Å². The Morgan fingerprint density at radius 2 is 2.09 bits per heavy atom.